The molecule has 1 aromatic carbocycles. The van der Waals surface area contributed by atoms with Crippen LogP contribution in [0.3, 0.4) is 0 Å². The zero-order valence-electron chi connectivity index (χ0n) is 8.15. The maximum absolute atomic E-state index is 10.8. The van der Waals surface area contributed by atoms with Crippen LogP contribution in [-0.2, 0) is 4.79 Å². The number of carboxylic acids is 1. The zero-order valence-corrected chi connectivity index (χ0v) is 8.15. The lowest BCUT2D eigenvalue weighted by Gasteiger charge is -2.12. The molecule has 0 atom stereocenters. The van der Waals surface area contributed by atoms with Crippen LogP contribution in [0, 0.1) is 0 Å². The third-order valence-electron chi connectivity index (χ3n) is 1.73. The summed E-state index contributed by atoms with van der Waals surface area (Å²) in [5, 5.41) is 10.7. The summed E-state index contributed by atoms with van der Waals surface area (Å²) in [4.78, 5) is 21.5. The molecule has 0 fully saturated rings. The summed E-state index contributed by atoms with van der Waals surface area (Å²) in [5.74, 6) is -2.01. The molecule has 1 rings (SSSR count). The van der Waals surface area contributed by atoms with Gasteiger partial charge in [0.25, 0.3) is 0 Å². The summed E-state index contributed by atoms with van der Waals surface area (Å²) in [6.45, 7) is 4.69. The highest BCUT2D eigenvalue weighted by atomic mass is 16.5. The quantitative estimate of drug-likeness (QED) is 0.536. The number of rotatable bonds is 3. The lowest BCUT2D eigenvalue weighted by molar-refractivity contribution is -0.255. The minimum atomic E-state index is -1.39. The second kappa shape index (κ2) is 4.41. The van der Waals surface area contributed by atoms with E-state index in [1.165, 1.54) is 25.1 Å². The minimum absolute atomic E-state index is 0.0278. The zero-order chi connectivity index (χ0) is 11.4. The van der Waals surface area contributed by atoms with Crippen molar-refractivity contribution in [2.45, 2.75) is 6.92 Å². The van der Waals surface area contributed by atoms with Crippen LogP contribution in [0.15, 0.2) is 24.8 Å². The van der Waals surface area contributed by atoms with Crippen LogP contribution in [-0.4, -0.2) is 11.9 Å². The van der Waals surface area contributed by atoms with Crippen LogP contribution in [0.4, 0.5) is 0 Å². The van der Waals surface area contributed by atoms with E-state index in [0.29, 0.717) is 5.56 Å². The molecule has 15 heavy (non-hydrogen) atoms. The molecule has 0 saturated heterocycles. The first-order chi connectivity index (χ1) is 7.06. The molecule has 1 aromatic rings. The van der Waals surface area contributed by atoms with E-state index < -0.39 is 11.9 Å². The summed E-state index contributed by atoms with van der Waals surface area (Å²) in [5.41, 5.74) is 0.273. The van der Waals surface area contributed by atoms with Crippen molar-refractivity contribution in [2.75, 3.05) is 0 Å². The van der Waals surface area contributed by atoms with Crippen LogP contribution >= 0.6 is 0 Å². The molecule has 0 radical (unpaired) electrons. The topological polar surface area (TPSA) is 66.4 Å². The third kappa shape index (κ3) is 2.43. The number of para-hydroxylation sites is 1. The molecule has 78 valence electrons. The highest BCUT2D eigenvalue weighted by molar-refractivity contribution is 5.92. The van der Waals surface area contributed by atoms with Gasteiger partial charge in [0.1, 0.15) is 5.75 Å². The summed E-state index contributed by atoms with van der Waals surface area (Å²) >= 11 is 0. The Bertz CT molecular complexity index is 421. The maximum atomic E-state index is 10.8. The molecule has 0 aliphatic carbocycles. The molecule has 4 nitrogen and oxygen atoms in total. The van der Waals surface area contributed by atoms with Crippen molar-refractivity contribution >= 4 is 18.0 Å². The van der Waals surface area contributed by atoms with Crippen molar-refractivity contribution in [3.05, 3.63) is 35.9 Å². The highest BCUT2D eigenvalue weighted by Gasteiger charge is 2.10. The van der Waals surface area contributed by atoms with Crippen LogP contribution in [0.5, 0.6) is 5.75 Å². The molecular weight excluding hydrogens is 196 g/mol. The minimum Gasteiger partial charge on any atom is -0.545 e. The predicted octanol–water partition coefficient (Wildman–Crippen LogP) is 0.618. The van der Waals surface area contributed by atoms with E-state index in [1.807, 2.05) is 0 Å². The van der Waals surface area contributed by atoms with Gasteiger partial charge in [0.15, 0.2) is 0 Å². The fourth-order valence-corrected chi connectivity index (χ4v) is 1.13. The third-order valence-corrected chi connectivity index (χ3v) is 1.73. The Morgan fingerprint density at radius 3 is 2.60 bits per heavy atom. The Morgan fingerprint density at radius 1 is 1.47 bits per heavy atom. The summed E-state index contributed by atoms with van der Waals surface area (Å²) in [6.07, 6.45) is 1.41. The fraction of sp³-hybridized carbons (Fsp3) is 0.0909. The molecule has 0 unspecified atom stereocenters. The lowest BCUT2D eigenvalue weighted by Crippen LogP contribution is -2.23. The van der Waals surface area contributed by atoms with Gasteiger partial charge in [-0.3, -0.25) is 4.79 Å². The van der Waals surface area contributed by atoms with Crippen molar-refractivity contribution in [1.29, 1.82) is 0 Å². The molecular formula is C11H9O4-. The van der Waals surface area contributed by atoms with Crippen LogP contribution in [0.1, 0.15) is 22.8 Å². The van der Waals surface area contributed by atoms with Crippen molar-refractivity contribution in [3.8, 4) is 5.75 Å². The normalized spacial score (nSPS) is 9.40. The number of hydrogen-bond donors (Lipinski definition) is 0. The van der Waals surface area contributed by atoms with Gasteiger partial charge in [0.05, 0.1) is 5.97 Å². The molecule has 0 N–H and O–H groups in total. The molecule has 0 bridgehead atoms. The first-order valence-electron chi connectivity index (χ1n) is 4.21. The largest absolute Gasteiger partial charge is 0.545 e. The van der Waals surface area contributed by atoms with E-state index in [-0.39, 0.29) is 11.3 Å². The molecule has 0 amide bonds. The second-order valence-corrected chi connectivity index (χ2v) is 2.81. The predicted molar refractivity (Wildman–Crippen MR) is 52.2 cm³/mol. The first-order valence-corrected chi connectivity index (χ1v) is 4.21. The Hall–Kier alpha value is -2.10. The summed E-state index contributed by atoms with van der Waals surface area (Å²) in [7, 11) is 0. The number of carbonyl (C=O) groups is 2. The Morgan fingerprint density at radius 2 is 2.13 bits per heavy atom. The smallest absolute Gasteiger partial charge is 0.308 e. The Kier molecular flexibility index (Phi) is 3.23. The van der Waals surface area contributed by atoms with Gasteiger partial charge in [-0.05, 0) is 6.07 Å². The Labute approximate surface area is 86.8 Å². The Balaban J connectivity index is 3.32. The van der Waals surface area contributed by atoms with Crippen molar-refractivity contribution < 1.29 is 19.4 Å². The van der Waals surface area contributed by atoms with Gasteiger partial charge < -0.3 is 14.6 Å². The molecule has 0 spiro atoms. The lowest BCUT2D eigenvalue weighted by atomic mass is 10.1. The van der Waals surface area contributed by atoms with Crippen molar-refractivity contribution in [1.82, 2.24) is 0 Å². The molecule has 0 aromatic heterocycles. The monoisotopic (exact) mass is 205 g/mol. The van der Waals surface area contributed by atoms with Gasteiger partial charge in [-0.1, -0.05) is 24.8 Å². The molecule has 4 heteroatoms. The van der Waals surface area contributed by atoms with Gasteiger partial charge in [-0.25, -0.2) is 0 Å². The number of benzene rings is 1. The van der Waals surface area contributed by atoms with Crippen LogP contribution in [0.2, 0.25) is 0 Å². The fourth-order valence-electron chi connectivity index (χ4n) is 1.13. The van der Waals surface area contributed by atoms with E-state index in [0.717, 1.165) is 0 Å². The number of hydrogen-bond acceptors (Lipinski definition) is 4. The maximum Gasteiger partial charge on any atom is 0.308 e. The standard InChI is InChI=1S/C11H10O4/c1-3-8-5-4-6-9(11(13)14)10(8)15-7(2)12/h3-6H,1H2,2H3,(H,13,14)/p-1. The number of carboxylic acid groups (broad SMARTS) is 1. The van der Waals surface area contributed by atoms with Gasteiger partial charge >= 0.3 is 5.97 Å². The van der Waals surface area contributed by atoms with Crippen LogP contribution in [0.25, 0.3) is 6.08 Å². The highest BCUT2D eigenvalue weighted by Crippen LogP contribution is 2.24. The van der Waals surface area contributed by atoms with E-state index in [2.05, 4.69) is 6.58 Å². The van der Waals surface area contributed by atoms with Gasteiger partial charge in [-0.2, -0.15) is 0 Å². The first kappa shape index (κ1) is 11.0. The summed E-state index contributed by atoms with van der Waals surface area (Å²) in [6, 6.07) is 4.42. The SMILES string of the molecule is C=Cc1cccc(C(=O)[O-])c1OC(C)=O. The molecule has 0 aliphatic heterocycles. The van der Waals surface area contributed by atoms with Gasteiger partial charge in [0, 0.05) is 18.1 Å². The van der Waals surface area contributed by atoms with E-state index in [4.69, 9.17) is 4.74 Å². The van der Waals surface area contributed by atoms with E-state index in [1.54, 1.807) is 6.07 Å². The molecule has 0 saturated carbocycles. The second-order valence-electron chi connectivity index (χ2n) is 2.81. The molecule has 0 heterocycles. The number of ether oxygens (including phenoxy) is 1. The van der Waals surface area contributed by atoms with E-state index in [9.17, 15) is 14.7 Å². The summed E-state index contributed by atoms with van der Waals surface area (Å²) < 4.78 is 4.80. The average molecular weight is 205 g/mol. The average Bonchev–Trinajstić information content (AvgIpc) is 2.16. The van der Waals surface area contributed by atoms with E-state index >= 15 is 0 Å². The van der Waals surface area contributed by atoms with Crippen LogP contribution < -0.4 is 9.84 Å². The number of carbonyl (C=O) groups excluding carboxylic acids is 2. The van der Waals surface area contributed by atoms with Crippen molar-refractivity contribution in [3.63, 3.8) is 0 Å². The van der Waals surface area contributed by atoms with Gasteiger partial charge in [-0.15, -0.1) is 0 Å². The number of esters is 1. The van der Waals surface area contributed by atoms with Crippen molar-refractivity contribution in [2.24, 2.45) is 0 Å². The van der Waals surface area contributed by atoms with Gasteiger partial charge in [0.2, 0.25) is 0 Å². The number of aromatic carboxylic acids is 1. The molecule has 0 aliphatic rings.